The number of hydrogen-bond donors (Lipinski definition) is 0. The van der Waals surface area contributed by atoms with E-state index in [2.05, 4.69) is 10.1 Å². The molecule has 6 nitrogen and oxygen atoms in total. The van der Waals surface area contributed by atoms with Crippen molar-refractivity contribution >= 4 is 5.91 Å². The minimum atomic E-state index is -0.0972. The van der Waals surface area contributed by atoms with Crippen molar-refractivity contribution in [2.24, 2.45) is 0 Å². The first-order valence-electron chi connectivity index (χ1n) is 8.66. The third kappa shape index (κ3) is 3.11. The van der Waals surface area contributed by atoms with Gasteiger partial charge in [-0.15, -0.1) is 0 Å². The van der Waals surface area contributed by atoms with Crippen LogP contribution in [0.5, 0.6) is 0 Å². The van der Waals surface area contributed by atoms with Gasteiger partial charge >= 0.3 is 0 Å². The third-order valence-electron chi connectivity index (χ3n) is 4.63. The van der Waals surface area contributed by atoms with E-state index in [9.17, 15) is 4.79 Å². The molecule has 0 bridgehead atoms. The summed E-state index contributed by atoms with van der Waals surface area (Å²) < 4.78 is 7.56. The number of morpholine rings is 1. The SMILES string of the molecule is Cc1c(C(=O)N2CCOC(c3ccccc3)C2)cnn1-c1ccccn1. The zero-order chi connectivity index (χ0) is 17.9. The number of nitrogens with zero attached hydrogens (tertiary/aromatic N) is 4. The Morgan fingerprint density at radius 3 is 2.73 bits per heavy atom. The van der Waals surface area contributed by atoms with Gasteiger partial charge in [-0.05, 0) is 24.6 Å². The summed E-state index contributed by atoms with van der Waals surface area (Å²) in [5.41, 5.74) is 2.48. The van der Waals surface area contributed by atoms with E-state index in [4.69, 9.17) is 4.74 Å². The maximum atomic E-state index is 13.0. The molecule has 3 aromatic rings. The van der Waals surface area contributed by atoms with Gasteiger partial charge in [0.15, 0.2) is 5.82 Å². The molecule has 1 aliphatic heterocycles. The number of amides is 1. The number of pyridine rings is 1. The Balaban J connectivity index is 1.55. The number of aromatic nitrogens is 3. The van der Waals surface area contributed by atoms with E-state index in [0.717, 1.165) is 11.3 Å². The van der Waals surface area contributed by atoms with Crippen LogP contribution >= 0.6 is 0 Å². The van der Waals surface area contributed by atoms with Crippen LogP contribution in [0.1, 0.15) is 27.7 Å². The van der Waals surface area contributed by atoms with E-state index < -0.39 is 0 Å². The molecule has 1 atom stereocenters. The Hall–Kier alpha value is -2.99. The van der Waals surface area contributed by atoms with Crippen molar-refractivity contribution < 1.29 is 9.53 Å². The van der Waals surface area contributed by atoms with Gasteiger partial charge in [0, 0.05) is 12.7 Å². The Kier molecular flexibility index (Phi) is 4.50. The van der Waals surface area contributed by atoms with E-state index in [1.165, 1.54) is 0 Å². The number of carbonyl (C=O) groups is 1. The minimum absolute atomic E-state index is 0.0195. The van der Waals surface area contributed by atoms with Gasteiger partial charge in [-0.25, -0.2) is 9.67 Å². The van der Waals surface area contributed by atoms with Crippen molar-refractivity contribution in [2.45, 2.75) is 13.0 Å². The summed E-state index contributed by atoms with van der Waals surface area (Å²) in [5, 5.41) is 4.35. The molecule has 2 aromatic heterocycles. The van der Waals surface area contributed by atoms with Gasteiger partial charge < -0.3 is 9.64 Å². The van der Waals surface area contributed by atoms with Crippen molar-refractivity contribution in [3.05, 3.63) is 77.7 Å². The third-order valence-corrected chi connectivity index (χ3v) is 4.63. The zero-order valence-electron chi connectivity index (χ0n) is 14.6. The fourth-order valence-corrected chi connectivity index (χ4v) is 3.20. The van der Waals surface area contributed by atoms with Gasteiger partial charge in [0.25, 0.3) is 5.91 Å². The molecule has 0 aliphatic carbocycles. The van der Waals surface area contributed by atoms with Gasteiger partial charge in [-0.3, -0.25) is 4.79 Å². The van der Waals surface area contributed by atoms with Gasteiger partial charge in [-0.1, -0.05) is 36.4 Å². The molecule has 0 spiro atoms. The summed E-state index contributed by atoms with van der Waals surface area (Å²) in [7, 11) is 0. The molecule has 132 valence electrons. The van der Waals surface area contributed by atoms with Gasteiger partial charge in [0.2, 0.25) is 0 Å². The normalized spacial score (nSPS) is 17.3. The molecular formula is C20H20N4O2. The number of carbonyl (C=O) groups excluding carboxylic acids is 1. The van der Waals surface area contributed by atoms with Crippen LogP contribution in [0.15, 0.2) is 60.9 Å². The summed E-state index contributed by atoms with van der Waals surface area (Å²) in [6.07, 6.45) is 3.24. The van der Waals surface area contributed by atoms with E-state index >= 15 is 0 Å². The summed E-state index contributed by atoms with van der Waals surface area (Å²) >= 11 is 0. The standard InChI is InChI=1S/C20H20N4O2/c1-15-17(13-22-24(15)19-9-5-6-10-21-19)20(25)23-11-12-26-18(14-23)16-7-3-2-4-8-16/h2-10,13,18H,11-12,14H2,1H3. The van der Waals surface area contributed by atoms with Crippen LogP contribution in [0, 0.1) is 6.92 Å². The summed E-state index contributed by atoms with van der Waals surface area (Å²) in [6, 6.07) is 15.6. The quantitative estimate of drug-likeness (QED) is 0.730. The maximum Gasteiger partial charge on any atom is 0.257 e. The molecule has 1 amide bonds. The van der Waals surface area contributed by atoms with Crippen LogP contribution in [0.4, 0.5) is 0 Å². The van der Waals surface area contributed by atoms with E-state index in [1.807, 2.05) is 60.4 Å². The van der Waals surface area contributed by atoms with Crippen molar-refractivity contribution in [3.8, 4) is 5.82 Å². The van der Waals surface area contributed by atoms with Gasteiger partial charge in [0.1, 0.15) is 6.10 Å². The highest BCUT2D eigenvalue weighted by atomic mass is 16.5. The molecule has 1 fully saturated rings. The lowest BCUT2D eigenvalue weighted by Crippen LogP contribution is -2.42. The Morgan fingerprint density at radius 1 is 1.15 bits per heavy atom. The molecule has 26 heavy (non-hydrogen) atoms. The largest absolute Gasteiger partial charge is 0.370 e. The summed E-state index contributed by atoms with van der Waals surface area (Å²) in [4.78, 5) is 19.2. The fourth-order valence-electron chi connectivity index (χ4n) is 3.20. The highest BCUT2D eigenvalue weighted by Crippen LogP contribution is 2.24. The van der Waals surface area contributed by atoms with Crippen molar-refractivity contribution in [1.82, 2.24) is 19.7 Å². The monoisotopic (exact) mass is 348 g/mol. The van der Waals surface area contributed by atoms with E-state index in [-0.39, 0.29) is 12.0 Å². The van der Waals surface area contributed by atoms with Crippen molar-refractivity contribution in [1.29, 1.82) is 0 Å². The van der Waals surface area contributed by atoms with Crippen LogP contribution < -0.4 is 0 Å². The first kappa shape index (κ1) is 16.5. The van der Waals surface area contributed by atoms with Crippen LogP contribution in [0.25, 0.3) is 5.82 Å². The van der Waals surface area contributed by atoms with E-state index in [0.29, 0.717) is 31.1 Å². The molecule has 0 N–H and O–H groups in total. The first-order chi connectivity index (χ1) is 12.7. The van der Waals surface area contributed by atoms with E-state index in [1.54, 1.807) is 17.1 Å². The predicted molar refractivity (Wildman–Crippen MR) is 97.1 cm³/mol. The lowest BCUT2D eigenvalue weighted by Gasteiger charge is -2.33. The number of hydrogen-bond acceptors (Lipinski definition) is 4. The minimum Gasteiger partial charge on any atom is -0.370 e. The summed E-state index contributed by atoms with van der Waals surface area (Å²) in [6.45, 7) is 3.54. The number of benzene rings is 1. The van der Waals surface area contributed by atoms with Crippen LogP contribution in [-0.4, -0.2) is 45.3 Å². The molecule has 4 rings (SSSR count). The number of ether oxygens (including phenoxy) is 1. The first-order valence-corrected chi connectivity index (χ1v) is 8.66. The molecule has 6 heteroatoms. The summed E-state index contributed by atoms with van der Waals surface area (Å²) in [5.74, 6) is 0.683. The molecule has 3 heterocycles. The maximum absolute atomic E-state index is 13.0. The van der Waals surface area contributed by atoms with Crippen LogP contribution in [-0.2, 0) is 4.74 Å². The Morgan fingerprint density at radius 2 is 1.96 bits per heavy atom. The second-order valence-electron chi connectivity index (χ2n) is 6.26. The smallest absolute Gasteiger partial charge is 0.257 e. The average Bonchev–Trinajstić information content (AvgIpc) is 3.10. The highest BCUT2D eigenvalue weighted by Gasteiger charge is 2.28. The van der Waals surface area contributed by atoms with Gasteiger partial charge in [0.05, 0.1) is 30.6 Å². The number of rotatable bonds is 3. The van der Waals surface area contributed by atoms with Crippen molar-refractivity contribution in [2.75, 3.05) is 19.7 Å². The molecule has 0 radical (unpaired) electrons. The Bertz CT molecular complexity index is 893. The average molecular weight is 348 g/mol. The zero-order valence-corrected chi connectivity index (χ0v) is 14.6. The highest BCUT2D eigenvalue weighted by molar-refractivity contribution is 5.95. The molecule has 1 unspecified atom stereocenters. The van der Waals surface area contributed by atoms with Crippen LogP contribution in [0.3, 0.4) is 0 Å². The van der Waals surface area contributed by atoms with Crippen LogP contribution in [0.2, 0.25) is 0 Å². The second-order valence-corrected chi connectivity index (χ2v) is 6.26. The van der Waals surface area contributed by atoms with Gasteiger partial charge in [-0.2, -0.15) is 5.10 Å². The lowest BCUT2D eigenvalue weighted by atomic mass is 10.1. The molecule has 1 aromatic carbocycles. The lowest BCUT2D eigenvalue weighted by molar-refractivity contribution is -0.0228. The molecule has 1 aliphatic rings. The molecule has 1 saturated heterocycles. The topological polar surface area (TPSA) is 60.3 Å². The Labute approximate surface area is 152 Å². The second kappa shape index (κ2) is 7.09. The molecule has 0 saturated carbocycles. The molecular weight excluding hydrogens is 328 g/mol. The fraction of sp³-hybridized carbons (Fsp3) is 0.250. The predicted octanol–water partition coefficient (Wildman–Crippen LogP) is 2.79. The van der Waals surface area contributed by atoms with Crippen molar-refractivity contribution in [3.63, 3.8) is 0 Å².